The summed E-state index contributed by atoms with van der Waals surface area (Å²) in [6.45, 7) is 0. The smallest absolute Gasteiger partial charge is 0.335 e. The highest BCUT2D eigenvalue weighted by Crippen LogP contribution is 1.96. The lowest BCUT2D eigenvalue weighted by Crippen LogP contribution is -2.32. The molecule has 10 heavy (non-hydrogen) atoms. The van der Waals surface area contributed by atoms with Gasteiger partial charge in [0.05, 0.1) is 6.42 Å². The van der Waals surface area contributed by atoms with Crippen LogP contribution in [0.3, 0.4) is 0 Å². The van der Waals surface area contributed by atoms with Crippen molar-refractivity contribution in [2.24, 2.45) is 5.73 Å². The predicted octanol–water partition coefficient (Wildman–Crippen LogP) is -1.78. The molecule has 1 heterocycles. The van der Waals surface area contributed by atoms with Crippen molar-refractivity contribution in [3.8, 4) is 0 Å². The van der Waals surface area contributed by atoms with Gasteiger partial charge in [-0.2, -0.15) is 0 Å². The lowest BCUT2D eigenvalue weighted by Gasteiger charge is -1.99. The van der Waals surface area contributed by atoms with Crippen molar-refractivity contribution < 1.29 is 19.3 Å². The number of carbonyl (C=O) groups excluding carboxylic acids is 2. The van der Waals surface area contributed by atoms with Gasteiger partial charge in [-0.1, -0.05) is 0 Å². The zero-order valence-corrected chi connectivity index (χ0v) is 4.99. The SMILES string of the molecule is NC1CC(=O)ONOC1=O. The van der Waals surface area contributed by atoms with Crippen LogP contribution in [0.25, 0.3) is 0 Å². The van der Waals surface area contributed by atoms with E-state index in [2.05, 4.69) is 9.68 Å². The molecule has 1 fully saturated rings. The Kier molecular flexibility index (Phi) is 1.83. The van der Waals surface area contributed by atoms with Crippen LogP contribution in [0.4, 0.5) is 0 Å². The Balaban J connectivity index is 2.57. The van der Waals surface area contributed by atoms with E-state index in [-0.39, 0.29) is 6.42 Å². The number of nitrogens with one attached hydrogen (secondary N) is 1. The van der Waals surface area contributed by atoms with Gasteiger partial charge in [-0.05, 0) is 0 Å². The maximum Gasteiger partial charge on any atom is 0.346 e. The van der Waals surface area contributed by atoms with Gasteiger partial charge in [-0.3, -0.25) is 4.79 Å². The third kappa shape index (κ3) is 1.42. The van der Waals surface area contributed by atoms with Gasteiger partial charge in [-0.25, -0.2) is 4.79 Å². The Labute approximate surface area is 56.2 Å². The van der Waals surface area contributed by atoms with Crippen LogP contribution in [0, 0.1) is 0 Å². The van der Waals surface area contributed by atoms with Crippen LogP contribution < -0.4 is 11.4 Å². The van der Waals surface area contributed by atoms with Crippen molar-refractivity contribution >= 4 is 11.9 Å². The standard InChI is InChI=1S/C4H6N2O4/c5-2-1-3(7)9-6-10-4(2)8/h2,6H,1,5H2. The molecule has 0 aliphatic carbocycles. The van der Waals surface area contributed by atoms with Crippen LogP contribution >= 0.6 is 0 Å². The highest BCUT2D eigenvalue weighted by molar-refractivity contribution is 5.83. The molecule has 0 amide bonds. The highest BCUT2D eigenvalue weighted by atomic mass is 16.9. The minimum atomic E-state index is -0.928. The minimum Gasteiger partial charge on any atom is -0.335 e. The first-order chi connectivity index (χ1) is 4.70. The summed E-state index contributed by atoms with van der Waals surface area (Å²) < 4.78 is 0. The molecule has 56 valence electrons. The maximum atomic E-state index is 10.5. The summed E-state index contributed by atoms with van der Waals surface area (Å²) in [4.78, 5) is 29.2. The van der Waals surface area contributed by atoms with Gasteiger partial charge < -0.3 is 15.4 Å². The fourth-order valence-corrected chi connectivity index (χ4v) is 0.489. The summed E-state index contributed by atoms with van der Waals surface area (Å²) in [5.41, 5.74) is 6.85. The van der Waals surface area contributed by atoms with Crippen LogP contribution in [0.5, 0.6) is 0 Å². The van der Waals surface area contributed by atoms with E-state index in [1.807, 2.05) is 0 Å². The van der Waals surface area contributed by atoms with Gasteiger partial charge in [0.15, 0.2) is 0 Å². The highest BCUT2D eigenvalue weighted by Gasteiger charge is 2.24. The lowest BCUT2D eigenvalue weighted by atomic mass is 10.2. The Hall–Kier alpha value is -1.14. The van der Waals surface area contributed by atoms with E-state index in [9.17, 15) is 9.59 Å². The molecule has 0 spiro atoms. The number of hydrogen-bond acceptors (Lipinski definition) is 6. The van der Waals surface area contributed by atoms with E-state index >= 15 is 0 Å². The minimum absolute atomic E-state index is 0.161. The molecular weight excluding hydrogens is 140 g/mol. The van der Waals surface area contributed by atoms with E-state index in [4.69, 9.17) is 5.73 Å². The van der Waals surface area contributed by atoms with Gasteiger partial charge in [0.2, 0.25) is 0 Å². The Bertz CT molecular complexity index is 169. The quantitative estimate of drug-likeness (QED) is 0.420. The van der Waals surface area contributed by atoms with Crippen LogP contribution in [-0.2, 0) is 19.3 Å². The van der Waals surface area contributed by atoms with E-state index in [0.717, 1.165) is 0 Å². The third-order valence-corrected chi connectivity index (χ3v) is 0.987. The molecule has 0 aromatic rings. The summed E-state index contributed by atoms with van der Waals surface area (Å²) in [6, 6.07) is -0.928. The second-order valence-corrected chi connectivity index (χ2v) is 1.79. The number of nitrogens with two attached hydrogens (primary N) is 1. The molecule has 1 aliphatic rings. The zero-order chi connectivity index (χ0) is 7.56. The molecule has 1 saturated heterocycles. The normalized spacial score (nSPS) is 26.7. The lowest BCUT2D eigenvalue weighted by molar-refractivity contribution is -0.190. The average molecular weight is 146 g/mol. The van der Waals surface area contributed by atoms with Gasteiger partial charge in [0, 0.05) is 5.64 Å². The molecule has 6 nitrogen and oxygen atoms in total. The van der Waals surface area contributed by atoms with Crippen molar-refractivity contribution in [2.45, 2.75) is 12.5 Å². The molecule has 1 unspecified atom stereocenters. The molecule has 1 rings (SSSR count). The summed E-state index contributed by atoms with van der Waals surface area (Å²) in [5.74, 6) is -1.32. The largest absolute Gasteiger partial charge is 0.346 e. The predicted molar refractivity (Wildman–Crippen MR) is 27.9 cm³/mol. The molecular formula is C4H6N2O4. The zero-order valence-electron chi connectivity index (χ0n) is 4.99. The van der Waals surface area contributed by atoms with Gasteiger partial charge >= 0.3 is 11.9 Å². The fraction of sp³-hybridized carbons (Fsp3) is 0.500. The van der Waals surface area contributed by atoms with E-state index in [1.54, 1.807) is 5.64 Å². The summed E-state index contributed by atoms with van der Waals surface area (Å²) in [7, 11) is 0. The van der Waals surface area contributed by atoms with Crippen molar-refractivity contribution in [2.75, 3.05) is 0 Å². The first-order valence-electron chi connectivity index (χ1n) is 2.61. The second kappa shape index (κ2) is 2.63. The maximum absolute atomic E-state index is 10.5. The van der Waals surface area contributed by atoms with E-state index in [1.165, 1.54) is 0 Å². The monoisotopic (exact) mass is 146 g/mol. The molecule has 0 bridgehead atoms. The second-order valence-electron chi connectivity index (χ2n) is 1.79. The Morgan fingerprint density at radius 1 is 1.50 bits per heavy atom. The van der Waals surface area contributed by atoms with Gasteiger partial charge in [0.1, 0.15) is 6.04 Å². The average Bonchev–Trinajstić information content (AvgIpc) is 1.96. The summed E-state index contributed by atoms with van der Waals surface area (Å²) in [5, 5.41) is 0. The Morgan fingerprint density at radius 2 is 2.20 bits per heavy atom. The fourth-order valence-electron chi connectivity index (χ4n) is 0.489. The van der Waals surface area contributed by atoms with Gasteiger partial charge in [0.25, 0.3) is 0 Å². The summed E-state index contributed by atoms with van der Waals surface area (Å²) in [6.07, 6.45) is -0.161. The molecule has 0 aromatic heterocycles. The molecule has 1 atom stereocenters. The van der Waals surface area contributed by atoms with Crippen molar-refractivity contribution in [3.63, 3.8) is 0 Å². The van der Waals surface area contributed by atoms with Crippen LogP contribution in [0.2, 0.25) is 0 Å². The molecule has 6 heteroatoms. The van der Waals surface area contributed by atoms with E-state index < -0.39 is 18.0 Å². The number of carbonyl (C=O) groups is 2. The molecule has 0 radical (unpaired) electrons. The first-order valence-corrected chi connectivity index (χ1v) is 2.61. The molecule has 1 aliphatic heterocycles. The number of rotatable bonds is 0. The Morgan fingerprint density at radius 3 is 2.90 bits per heavy atom. The van der Waals surface area contributed by atoms with Crippen LogP contribution in [0.15, 0.2) is 0 Å². The topological polar surface area (TPSA) is 90.7 Å². The van der Waals surface area contributed by atoms with Crippen LogP contribution in [0.1, 0.15) is 6.42 Å². The molecule has 3 N–H and O–H groups in total. The van der Waals surface area contributed by atoms with Crippen molar-refractivity contribution in [1.82, 2.24) is 5.64 Å². The van der Waals surface area contributed by atoms with Crippen LogP contribution in [-0.4, -0.2) is 18.0 Å². The van der Waals surface area contributed by atoms with Gasteiger partial charge in [-0.15, -0.1) is 0 Å². The van der Waals surface area contributed by atoms with E-state index in [0.29, 0.717) is 0 Å². The summed E-state index contributed by atoms with van der Waals surface area (Å²) >= 11 is 0. The van der Waals surface area contributed by atoms with Crippen molar-refractivity contribution in [3.05, 3.63) is 0 Å². The first kappa shape index (κ1) is 6.97. The third-order valence-electron chi connectivity index (χ3n) is 0.987. The number of hydrogen-bond donors (Lipinski definition) is 2. The molecule has 0 aromatic carbocycles. The van der Waals surface area contributed by atoms with Crippen molar-refractivity contribution in [1.29, 1.82) is 0 Å². The molecule has 0 saturated carbocycles.